The van der Waals surface area contributed by atoms with Crippen molar-refractivity contribution in [1.29, 1.82) is 0 Å². The average Bonchev–Trinajstić information content (AvgIpc) is 2.91. The maximum Gasteiger partial charge on any atom is 0.241 e. The highest BCUT2D eigenvalue weighted by Crippen LogP contribution is 2.02. The van der Waals surface area contributed by atoms with Crippen LogP contribution in [0.5, 0.6) is 0 Å². The van der Waals surface area contributed by atoms with Crippen molar-refractivity contribution < 1.29 is 4.79 Å². The Kier molecular flexibility index (Phi) is 4.55. The second kappa shape index (κ2) is 6.36. The summed E-state index contributed by atoms with van der Waals surface area (Å²) < 4.78 is 3.62. The van der Waals surface area contributed by atoms with Gasteiger partial charge in [0.1, 0.15) is 6.54 Å². The second-order valence-electron chi connectivity index (χ2n) is 5.07. The smallest absolute Gasteiger partial charge is 0.241 e. The number of nitrogens with zero attached hydrogens (tertiary/aromatic N) is 4. The molecular weight excluding hydrogens is 254 g/mol. The molecule has 0 saturated heterocycles. The van der Waals surface area contributed by atoms with Crippen LogP contribution in [0.1, 0.15) is 23.4 Å². The van der Waals surface area contributed by atoms with Crippen LogP contribution in [0.25, 0.3) is 0 Å². The Hall–Kier alpha value is -2.11. The monoisotopic (exact) mass is 275 g/mol. The van der Waals surface area contributed by atoms with Gasteiger partial charge in [-0.3, -0.25) is 14.2 Å². The molecule has 0 radical (unpaired) electrons. The molecule has 108 valence electrons. The highest BCUT2D eigenvalue weighted by molar-refractivity contribution is 5.75. The van der Waals surface area contributed by atoms with Crippen LogP contribution >= 0.6 is 0 Å². The van der Waals surface area contributed by atoms with E-state index in [1.165, 1.54) is 0 Å². The minimum atomic E-state index is -0.0125. The van der Waals surface area contributed by atoms with Gasteiger partial charge in [0.05, 0.1) is 11.9 Å². The summed E-state index contributed by atoms with van der Waals surface area (Å²) >= 11 is 0. The van der Waals surface area contributed by atoms with Gasteiger partial charge in [0.25, 0.3) is 0 Å². The maximum atomic E-state index is 11.7. The quantitative estimate of drug-likeness (QED) is 0.806. The summed E-state index contributed by atoms with van der Waals surface area (Å²) in [5.74, 6) is -0.0125. The molecule has 0 aliphatic heterocycles. The van der Waals surface area contributed by atoms with Gasteiger partial charge < -0.3 is 5.32 Å². The van der Waals surface area contributed by atoms with Crippen LogP contribution in [0.2, 0.25) is 0 Å². The summed E-state index contributed by atoms with van der Waals surface area (Å²) in [5.41, 5.74) is 3.24. The lowest BCUT2D eigenvalue weighted by atomic mass is 10.4. The third kappa shape index (κ3) is 3.94. The van der Waals surface area contributed by atoms with E-state index in [1.807, 2.05) is 31.6 Å². The third-order valence-corrected chi connectivity index (χ3v) is 3.04. The Labute approximate surface area is 118 Å². The van der Waals surface area contributed by atoms with Crippen LogP contribution in [-0.4, -0.2) is 32.0 Å². The highest BCUT2D eigenvalue weighted by Gasteiger charge is 2.04. The van der Waals surface area contributed by atoms with Crippen molar-refractivity contribution in [3.05, 3.63) is 35.4 Å². The summed E-state index contributed by atoms with van der Waals surface area (Å²) in [5, 5.41) is 11.4. The van der Waals surface area contributed by atoms with Crippen molar-refractivity contribution >= 4 is 5.91 Å². The van der Waals surface area contributed by atoms with E-state index in [0.29, 0.717) is 6.54 Å². The fourth-order valence-electron chi connectivity index (χ4n) is 2.11. The molecule has 0 aliphatic carbocycles. The summed E-state index contributed by atoms with van der Waals surface area (Å²) in [7, 11) is 0. The molecule has 0 fully saturated rings. The van der Waals surface area contributed by atoms with E-state index < -0.39 is 0 Å². The molecular formula is C14H21N5O. The van der Waals surface area contributed by atoms with Crippen molar-refractivity contribution in [3.8, 4) is 0 Å². The summed E-state index contributed by atoms with van der Waals surface area (Å²) in [6.07, 6.45) is 4.47. The minimum Gasteiger partial charge on any atom is -0.354 e. The number of aryl methyl sites for hydroxylation is 4. The largest absolute Gasteiger partial charge is 0.354 e. The van der Waals surface area contributed by atoms with Gasteiger partial charge in [-0.2, -0.15) is 10.2 Å². The molecule has 0 bridgehead atoms. The van der Waals surface area contributed by atoms with Crippen LogP contribution in [0.4, 0.5) is 0 Å². The van der Waals surface area contributed by atoms with Crippen molar-refractivity contribution in [2.75, 3.05) is 6.54 Å². The van der Waals surface area contributed by atoms with E-state index in [0.717, 1.165) is 29.9 Å². The fourth-order valence-corrected chi connectivity index (χ4v) is 2.11. The zero-order valence-corrected chi connectivity index (χ0v) is 12.3. The summed E-state index contributed by atoms with van der Waals surface area (Å²) in [4.78, 5) is 11.7. The van der Waals surface area contributed by atoms with Crippen molar-refractivity contribution in [2.24, 2.45) is 0 Å². The molecule has 20 heavy (non-hydrogen) atoms. The summed E-state index contributed by atoms with van der Waals surface area (Å²) in [6, 6.07) is 2.05. The number of hydrogen-bond donors (Lipinski definition) is 1. The van der Waals surface area contributed by atoms with E-state index in [2.05, 4.69) is 21.6 Å². The van der Waals surface area contributed by atoms with Crippen molar-refractivity contribution in [1.82, 2.24) is 24.9 Å². The zero-order valence-electron chi connectivity index (χ0n) is 12.3. The number of nitrogens with one attached hydrogen (secondary N) is 1. The van der Waals surface area contributed by atoms with Crippen LogP contribution in [0.3, 0.4) is 0 Å². The second-order valence-corrected chi connectivity index (χ2v) is 5.07. The molecule has 1 amide bonds. The number of rotatable bonds is 6. The van der Waals surface area contributed by atoms with Crippen LogP contribution in [-0.2, 0) is 17.9 Å². The number of hydrogen-bond acceptors (Lipinski definition) is 3. The van der Waals surface area contributed by atoms with Crippen LogP contribution in [0.15, 0.2) is 18.5 Å². The molecule has 0 aromatic carbocycles. The Balaban J connectivity index is 1.68. The maximum absolute atomic E-state index is 11.7. The van der Waals surface area contributed by atoms with Gasteiger partial charge in [-0.05, 0) is 38.8 Å². The first-order chi connectivity index (χ1) is 9.54. The molecule has 0 atom stereocenters. The molecule has 2 heterocycles. The number of carbonyl (C=O) groups is 1. The lowest BCUT2D eigenvalue weighted by Gasteiger charge is -2.06. The molecule has 0 saturated carbocycles. The lowest BCUT2D eigenvalue weighted by Crippen LogP contribution is -2.29. The number of amides is 1. The van der Waals surface area contributed by atoms with Gasteiger partial charge in [-0.1, -0.05) is 0 Å². The molecule has 0 spiro atoms. The van der Waals surface area contributed by atoms with E-state index in [4.69, 9.17) is 0 Å². The van der Waals surface area contributed by atoms with Crippen molar-refractivity contribution in [3.63, 3.8) is 0 Å². The molecule has 2 aromatic heterocycles. The van der Waals surface area contributed by atoms with Crippen molar-refractivity contribution in [2.45, 2.75) is 40.3 Å². The lowest BCUT2D eigenvalue weighted by molar-refractivity contribution is -0.121. The molecule has 2 aromatic rings. The standard InChI is InChI=1S/C14H21N5O/c1-11-8-16-18(9-11)10-14(20)15-5-4-6-19-13(3)7-12(2)17-19/h7-9H,4-6,10H2,1-3H3,(H,15,20). The van der Waals surface area contributed by atoms with E-state index in [-0.39, 0.29) is 12.5 Å². The summed E-state index contributed by atoms with van der Waals surface area (Å²) in [6.45, 7) is 7.72. The fraction of sp³-hybridized carbons (Fsp3) is 0.500. The minimum absolute atomic E-state index is 0.0125. The van der Waals surface area contributed by atoms with Gasteiger partial charge in [-0.15, -0.1) is 0 Å². The Morgan fingerprint density at radius 3 is 2.75 bits per heavy atom. The predicted octanol–water partition coefficient (Wildman–Crippen LogP) is 1.21. The Morgan fingerprint density at radius 1 is 1.35 bits per heavy atom. The van der Waals surface area contributed by atoms with Gasteiger partial charge in [0, 0.05) is 25.0 Å². The highest BCUT2D eigenvalue weighted by atomic mass is 16.2. The Morgan fingerprint density at radius 2 is 2.15 bits per heavy atom. The first-order valence-corrected chi connectivity index (χ1v) is 6.81. The molecule has 6 heteroatoms. The third-order valence-electron chi connectivity index (χ3n) is 3.04. The van der Waals surface area contributed by atoms with Crippen LogP contribution in [0, 0.1) is 20.8 Å². The first-order valence-electron chi connectivity index (χ1n) is 6.81. The molecule has 1 N–H and O–H groups in total. The first kappa shape index (κ1) is 14.3. The number of aromatic nitrogens is 4. The van der Waals surface area contributed by atoms with Gasteiger partial charge in [-0.25, -0.2) is 0 Å². The van der Waals surface area contributed by atoms with Gasteiger partial charge in [0.2, 0.25) is 5.91 Å². The van der Waals surface area contributed by atoms with E-state index in [1.54, 1.807) is 10.9 Å². The van der Waals surface area contributed by atoms with Crippen LogP contribution < -0.4 is 5.32 Å². The molecule has 2 rings (SSSR count). The average molecular weight is 275 g/mol. The topological polar surface area (TPSA) is 64.7 Å². The normalized spacial score (nSPS) is 10.8. The predicted molar refractivity (Wildman–Crippen MR) is 76.3 cm³/mol. The van der Waals surface area contributed by atoms with E-state index >= 15 is 0 Å². The van der Waals surface area contributed by atoms with E-state index in [9.17, 15) is 4.79 Å². The Bertz CT molecular complexity index is 584. The van der Waals surface area contributed by atoms with Gasteiger partial charge >= 0.3 is 0 Å². The molecule has 6 nitrogen and oxygen atoms in total. The zero-order chi connectivity index (χ0) is 14.5. The molecule has 0 aliphatic rings. The molecule has 0 unspecified atom stereocenters. The number of carbonyl (C=O) groups excluding carboxylic acids is 1. The van der Waals surface area contributed by atoms with Gasteiger partial charge in [0.15, 0.2) is 0 Å². The SMILES string of the molecule is Cc1cnn(CC(=O)NCCCn2nc(C)cc2C)c1.